The highest BCUT2D eigenvalue weighted by Gasteiger charge is 2.32. The summed E-state index contributed by atoms with van der Waals surface area (Å²) in [5, 5.41) is 5.99. The second-order valence-corrected chi connectivity index (χ2v) is 6.12. The van der Waals surface area contributed by atoms with Crippen LogP contribution >= 0.6 is 0 Å². The SMILES string of the molecule is O=C1COC(CN2CCCC(NC(=O)C3CC3)C2)CN1. The van der Waals surface area contributed by atoms with Gasteiger partial charge >= 0.3 is 0 Å². The Morgan fingerprint density at radius 3 is 2.95 bits per heavy atom. The van der Waals surface area contributed by atoms with E-state index in [1.165, 1.54) is 0 Å². The topological polar surface area (TPSA) is 70.7 Å². The fraction of sp³-hybridized carbons (Fsp3) is 0.857. The van der Waals surface area contributed by atoms with E-state index in [0.29, 0.717) is 6.54 Å². The van der Waals surface area contributed by atoms with Crippen LogP contribution in [-0.2, 0) is 14.3 Å². The normalized spacial score (nSPS) is 31.7. The number of rotatable bonds is 4. The van der Waals surface area contributed by atoms with Gasteiger partial charge in [0.05, 0.1) is 6.10 Å². The van der Waals surface area contributed by atoms with Gasteiger partial charge in [-0.3, -0.25) is 14.5 Å². The summed E-state index contributed by atoms with van der Waals surface area (Å²) in [7, 11) is 0. The first-order valence-electron chi connectivity index (χ1n) is 7.62. The fourth-order valence-corrected chi connectivity index (χ4v) is 2.94. The van der Waals surface area contributed by atoms with Crippen LogP contribution in [0.3, 0.4) is 0 Å². The average Bonchev–Trinajstić information content (AvgIpc) is 3.26. The van der Waals surface area contributed by atoms with Gasteiger partial charge in [-0.25, -0.2) is 0 Å². The zero-order chi connectivity index (χ0) is 13.9. The van der Waals surface area contributed by atoms with E-state index in [4.69, 9.17) is 4.74 Å². The highest BCUT2D eigenvalue weighted by Crippen LogP contribution is 2.29. The van der Waals surface area contributed by atoms with Crippen LogP contribution in [0.4, 0.5) is 0 Å². The van der Waals surface area contributed by atoms with Crippen LogP contribution in [-0.4, -0.2) is 61.6 Å². The fourth-order valence-electron chi connectivity index (χ4n) is 2.94. The predicted octanol–water partition coefficient (Wildman–Crippen LogP) is -0.508. The molecule has 3 fully saturated rings. The molecule has 0 aromatic rings. The number of amides is 2. The predicted molar refractivity (Wildman–Crippen MR) is 73.1 cm³/mol. The molecule has 0 bridgehead atoms. The number of hydrogen-bond donors (Lipinski definition) is 2. The molecule has 2 heterocycles. The monoisotopic (exact) mass is 281 g/mol. The third-order valence-electron chi connectivity index (χ3n) is 4.24. The van der Waals surface area contributed by atoms with E-state index in [9.17, 15) is 9.59 Å². The van der Waals surface area contributed by atoms with E-state index in [-0.39, 0.29) is 36.5 Å². The molecule has 1 saturated carbocycles. The number of morpholine rings is 1. The van der Waals surface area contributed by atoms with Crippen molar-refractivity contribution in [1.82, 2.24) is 15.5 Å². The van der Waals surface area contributed by atoms with Gasteiger partial charge in [0, 0.05) is 31.6 Å². The van der Waals surface area contributed by atoms with Gasteiger partial charge in [-0.1, -0.05) is 0 Å². The van der Waals surface area contributed by atoms with Crippen LogP contribution in [0.1, 0.15) is 25.7 Å². The second-order valence-electron chi connectivity index (χ2n) is 6.12. The number of ether oxygens (including phenoxy) is 1. The van der Waals surface area contributed by atoms with Crippen molar-refractivity contribution < 1.29 is 14.3 Å². The van der Waals surface area contributed by atoms with E-state index in [1.807, 2.05) is 0 Å². The summed E-state index contributed by atoms with van der Waals surface area (Å²) >= 11 is 0. The van der Waals surface area contributed by atoms with Gasteiger partial charge in [-0.2, -0.15) is 0 Å². The molecule has 1 aliphatic carbocycles. The third kappa shape index (κ3) is 3.70. The quantitative estimate of drug-likeness (QED) is 0.728. The summed E-state index contributed by atoms with van der Waals surface area (Å²) in [6.45, 7) is 3.53. The van der Waals surface area contributed by atoms with Crippen LogP contribution in [0.15, 0.2) is 0 Å². The molecular weight excluding hydrogens is 258 g/mol. The number of likely N-dealkylation sites (tertiary alicyclic amines) is 1. The van der Waals surface area contributed by atoms with Gasteiger partial charge in [0.1, 0.15) is 6.61 Å². The lowest BCUT2D eigenvalue weighted by Crippen LogP contribution is -2.53. The summed E-state index contributed by atoms with van der Waals surface area (Å²) in [5.74, 6) is 0.481. The molecule has 6 heteroatoms. The molecule has 3 rings (SSSR count). The minimum atomic E-state index is -0.0329. The molecule has 0 aromatic heterocycles. The highest BCUT2D eigenvalue weighted by molar-refractivity contribution is 5.81. The average molecular weight is 281 g/mol. The Bertz CT molecular complexity index is 374. The first kappa shape index (κ1) is 13.8. The number of nitrogens with zero attached hydrogens (tertiary/aromatic N) is 1. The number of carbonyl (C=O) groups excluding carboxylic acids is 2. The smallest absolute Gasteiger partial charge is 0.246 e. The molecule has 2 amide bonds. The van der Waals surface area contributed by atoms with Crippen LogP contribution in [0, 0.1) is 5.92 Å². The molecule has 2 aliphatic heterocycles. The molecule has 2 saturated heterocycles. The van der Waals surface area contributed by atoms with Gasteiger partial charge in [0.15, 0.2) is 0 Å². The number of piperidine rings is 1. The van der Waals surface area contributed by atoms with Crippen molar-refractivity contribution in [3.05, 3.63) is 0 Å². The van der Waals surface area contributed by atoms with Gasteiger partial charge in [-0.15, -0.1) is 0 Å². The molecule has 112 valence electrons. The minimum Gasteiger partial charge on any atom is -0.365 e. The Hall–Kier alpha value is -1.14. The van der Waals surface area contributed by atoms with E-state index in [0.717, 1.165) is 45.3 Å². The second kappa shape index (κ2) is 6.10. The van der Waals surface area contributed by atoms with Crippen molar-refractivity contribution in [2.45, 2.75) is 37.8 Å². The van der Waals surface area contributed by atoms with Gasteiger partial charge in [-0.05, 0) is 32.2 Å². The molecule has 0 spiro atoms. The molecule has 2 N–H and O–H groups in total. The van der Waals surface area contributed by atoms with Gasteiger partial charge in [0.25, 0.3) is 0 Å². The van der Waals surface area contributed by atoms with E-state index in [1.54, 1.807) is 0 Å². The Morgan fingerprint density at radius 2 is 2.25 bits per heavy atom. The zero-order valence-corrected chi connectivity index (χ0v) is 11.8. The summed E-state index contributed by atoms with van der Waals surface area (Å²) in [5.41, 5.74) is 0. The van der Waals surface area contributed by atoms with E-state index >= 15 is 0 Å². The lowest BCUT2D eigenvalue weighted by atomic mass is 10.0. The first-order chi connectivity index (χ1) is 9.70. The molecule has 3 aliphatic rings. The summed E-state index contributed by atoms with van der Waals surface area (Å²) < 4.78 is 5.52. The van der Waals surface area contributed by atoms with Crippen molar-refractivity contribution in [3.8, 4) is 0 Å². The van der Waals surface area contributed by atoms with Crippen molar-refractivity contribution in [3.63, 3.8) is 0 Å². The maximum atomic E-state index is 11.8. The molecule has 20 heavy (non-hydrogen) atoms. The number of hydrogen-bond acceptors (Lipinski definition) is 4. The van der Waals surface area contributed by atoms with Crippen LogP contribution in [0.5, 0.6) is 0 Å². The summed E-state index contributed by atoms with van der Waals surface area (Å²) in [6.07, 6.45) is 4.35. The third-order valence-corrected chi connectivity index (χ3v) is 4.24. The summed E-state index contributed by atoms with van der Waals surface area (Å²) in [6, 6.07) is 0.273. The molecule has 2 atom stereocenters. The van der Waals surface area contributed by atoms with E-state index < -0.39 is 0 Å². The van der Waals surface area contributed by atoms with Gasteiger partial charge in [0.2, 0.25) is 11.8 Å². The molecule has 0 aromatic carbocycles. The molecular formula is C14H23N3O3. The maximum absolute atomic E-state index is 11.8. The summed E-state index contributed by atoms with van der Waals surface area (Å²) in [4.78, 5) is 25.2. The first-order valence-corrected chi connectivity index (χ1v) is 7.62. The molecule has 2 unspecified atom stereocenters. The number of nitrogens with one attached hydrogen (secondary N) is 2. The highest BCUT2D eigenvalue weighted by atomic mass is 16.5. The van der Waals surface area contributed by atoms with Crippen molar-refractivity contribution in [1.29, 1.82) is 0 Å². The van der Waals surface area contributed by atoms with Crippen molar-refractivity contribution >= 4 is 11.8 Å². The Kier molecular flexibility index (Phi) is 4.21. The van der Waals surface area contributed by atoms with Crippen molar-refractivity contribution in [2.24, 2.45) is 5.92 Å². The maximum Gasteiger partial charge on any atom is 0.246 e. The Morgan fingerprint density at radius 1 is 1.40 bits per heavy atom. The lowest BCUT2D eigenvalue weighted by molar-refractivity contribution is -0.134. The standard InChI is InChI=1S/C14H23N3O3/c18-13-9-20-12(6-15-13)8-17-5-1-2-11(7-17)16-14(19)10-3-4-10/h10-12H,1-9H2,(H,15,18)(H,16,19). The van der Waals surface area contributed by atoms with Crippen molar-refractivity contribution in [2.75, 3.05) is 32.8 Å². The zero-order valence-electron chi connectivity index (χ0n) is 11.8. The Labute approximate surface area is 119 Å². The molecule has 6 nitrogen and oxygen atoms in total. The van der Waals surface area contributed by atoms with Gasteiger partial charge < -0.3 is 15.4 Å². The molecule has 0 radical (unpaired) electrons. The minimum absolute atomic E-state index is 0.0329. The largest absolute Gasteiger partial charge is 0.365 e. The number of carbonyl (C=O) groups is 2. The van der Waals surface area contributed by atoms with Crippen LogP contribution in [0.25, 0.3) is 0 Å². The van der Waals surface area contributed by atoms with Crippen LogP contribution < -0.4 is 10.6 Å². The van der Waals surface area contributed by atoms with Crippen LogP contribution in [0.2, 0.25) is 0 Å². The lowest BCUT2D eigenvalue weighted by Gasteiger charge is -2.36. The van der Waals surface area contributed by atoms with E-state index in [2.05, 4.69) is 15.5 Å². The Balaban J connectivity index is 1.42.